The lowest BCUT2D eigenvalue weighted by Gasteiger charge is -2.12. The van der Waals surface area contributed by atoms with Crippen LogP contribution in [-0.4, -0.2) is 43.7 Å². The molecule has 1 aromatic heterocycles. The number of nitrogens with one attached hydrogen (secondary N) is 2. The maximum Gasteiger partial charge on any atom is 0.339 e. The topological polar surface area (TPSA) is 80.4 Å². The molecule has 6 heteroatoms. The van der Waals surface area contributed by atoms with Crippen molar-refractivity contribution >= 4 is 11.9 Å². The Hall–Kier alpha value is -1.82. The van der Waals surface area contributed by atoms with E-state index in [-0.39, 0.29) is 11.9 Å². The minimum Gasteiger partial charge on any atom is -0.465 e. The molecule has 0 aliphatic rings. The van der Waals surface area contributed by atoms with Gasteiger partial charge >= 0.3 is 5.97 Å². The van der Waals surface area contributed by atoms with Crippen molar-refractivity contribution in [2.45, 2.75) is 26.8 Å². The highest BCUT2D eigenvalue weighted by Gasteiger charge is 2.22. The molecule has 106 valence electrons. The zero-order valence-electron chi connectivity index (χ0n) is 11.9. The zero-order chi connectivity index (χ0) is 14.6. The molecule has 0 saturated carbocycles. The van der Waals surface area contributed by atoms with Gasteiger partial charge in [-0.05, 0) is 26.3 Å². The monoisotopic (exact) mass is 268 g/mol. The largest absolute Gasteiger partial charge is 0.465 e. The highest BCUT2D eigenvalue weighted by Crippen LogP contribution is 2.18. The standard InChI is InChI=1S/C13H20N2O4/c1-7(6-18-4)14-12(16)11-8(2)10(9(3)15-11)13(17)19-5/h7,15H,6H2,1-5H3,(H,14,16). The summed E-state index contributed by atoms with van der Waals surface area (Å²) in [5.41, 5.74) is 1.99. The van der Waals surface area contributed by atoms with Gasteiger partial charge in [-0.1, -0.05) is 0 Å². The fourth-order valence-electron chi connectivity index (χ4n) is 1.97. The number of hydrogen-bond donors (Lipinski definition) is 2. The van der Waals surface area contributed by atoms with Crippen LogP contribution in [0, 0.1) is 13.8 Å². The number of aromatic nitrogens is 1. The Labute approximate surface area is 112 Å². The van der Waals surface area contributed by atoms with E-state index in [1.807, 2.05) is 6.92 Å². The van der Waals surface area contributed by atoms with Crippen molar-refractivity contribution < 1.29 is 19.1 Å². The zero-order valence-corrected chi connectivity index (χ0v) is 11.9. The highest BCUT2D eigenvalue weighted by molar-refractivity contribution is 6.00. The van der Waals surface area contributed by atoms with Gasteiger partial charge in [-0.15, -0.1) is 0 Å². The molecule has 0 radical (unpaired) electrons. The number of H-pyrrole nitrogens is 1. The first-order valence-electron chi connectivity index (χ1n) is 5.99. The van der Waals surface area contributed by atoms with Gasteiger partial charge in [0.05, 0.1) is 19.3 Å². The normalized spacial score (nSPS) is 12.1. The first-order chi connectivity index (χ1) is 8.92. The summed E-state index contributed by atoms with van der Waals surface area (Å²) < 4.78 is 9.66. The van der Waals surface area contributed by atoms with Crippen molar-refractivity contribution in [2.24, 2.45) is 0 Å². The van der Waals surface area contributed by atoms with E-state index in [1.54, 1.807) is 21.0 Å². The maximum absolute atomic E-state index is 12.1. The number of methoxy groups -OCH3 is 2. The summed E-state index contributed by atoms with van der Waals surface area (Å²) in [6.07, 6.45) is 0. The molecule has 0 aliphatic heterocycles. The van der Waals surface area contributed by atoms with E-state index in [0.717, 1.165) is 0 Å². The molecule has 1 unspecified atom stereocenters. The van der Waals surface area contributed by atoms with Gasteiger partial charge in [0.1, 0.15) is 5.69 Å². The van der Waals surface area contributed by atoms with Crippen LogP contribution in [0.2, 0.25) is 0 Å². The molecule has 2 N–H and O–H groups in total. The van der Waals surface area contributed by atoms with Gasteiger partial charge in [-0.2, -0.15) is 0 Å². The average molecular weight is 268 g/mol. The lowest BCUT2D eigenvalue weighted by molar-refractivity contribution is 0.0599. The lowest BCUT2D eigenvalue weighted by atomic mass is 10.1. The number of carbonyl (C=O) groups is 2. The van der Waals surface area contributed by atoms with E-state index in [9.17, 15) is 9.59 Å². The number of esters is 1. The third kappa shape index (κ3) is 3.35. The molecule has 1 amide bonds. The van der Waals surface area contributed by atoms with Crippen LogP contribution in [0.5, 0.6) is 0 Å². The van der Waals surface area contributed by atoms with Gasteiger partial charge in [0.15, 0.2) is 0 Å². The predicted molar refractivity (Wildman–Crippen MR) is 70.4 cm³/mol. The molecule has 0 bridgehead atoms. The van der Waals surface area contributed by atoms with Crippen molar-refractivity contribution in [3.8, 4) is 0 Å². The molecular formula is C13H20N2O4. The van der Waals surface area contributed by atoms with E-state index >= 15 is 0 Å². The Bertz CT molecular complexity index is 479. The Kier molecular flexibility index (Phi) is 5.11. The number of aryl methyl sites for hydroxylation is 1. The average Bonchev–Trinajstić information content (AvgIpc) is 2.64. The molecular weight excluding hydrogens is 248 g/mol. The Balaban J connectivity index is 2.96. The Morgan fingerprint density at radius 1 is 1.32 bits per heavy atom. The molecule has 1 heterocycles. The molecule has 0 fully saturated rings. The number of carbonyl (C=O) groups excluding carboxylic acids is 2. The first-order valence-corrected chi connectivity index (χ1v) is 5.99. The van der Waals surface area contributed by atoms with Gasteiger partial charge in [0.2, 0.25) is 0 Å². The summed E-state index contributed by atoms with van der Waals surface area (Å²) in [6.45, 7) is 5.71. The molecule has 0 saturated heterocycles. The van der Waals surface area contributed by atoms with Crippen LogP contribution in [-0.2, 0) is 9.47 Å². The van der Waals surface area contributed by atoms with Crippen molar-refractivity contribution in [3.05, 3.63) is 22.5 Å². The fourth-order valence-corrected chi connectivity index (χ4v) is 1.97. The second-order valence-electron chi connectivity index (χ2n) is 4.45. The van der Waals surface area contributed by atoms with Crippen LogP contribution in [0.1, 0.15) is 39.0 Å². The van der Waals surface area contributed by atoms with Crippen molar-refractivity contribution in [3.63, 3.8) is 0 Å². The molecule has 0 spiro atoms. The molecule has 0 aromatic carbocycles. The van der Waals surface area contributed by atoms with Gasteiger partial charge in [0, 0.05) is 18.8 Å². The summed E-state index contributed by atoms with van der Waals surface area (Å²) in [6, 6.07) is -0.109. The Morgan fingerprint density at radius 3 is 2.47 bits per heavy atom. The van der Waals surface area contributed by atoms with Gasteiger partial charge < -0.3 is 19.8 Å². The van der Waals surface area contributed by atoms with Crippen LogP contribution < -0.4 is 5.32 Å². The SMILES string of the molecule is COCC(C)NC(=O)c1[nH]c(C)c(C(=O)OC)c1C. The molecule has 1 rings (SSSR count). The maximum atomic E-state index is 12.1. The summed E-state index contributed by atoms with van der Waals surface area (Å²) in [7, 11) is 2.89. The second-order valence-corrected chi connectivity index (χ2v) is 4.45. The molecule has 19 heavy (non-hydrogen) atoms. The Morgan fingerprint density at radius 2 is 1.95 bits per heavy atom. The summed E-state index contributed by atoms with van der Waals surface area (Å²) in [5, 5.41) is 2.79. The number of ether oxygens (including phenoxy) is 2. The van der Waals surface area contributed by atoms with Crippen LogP contribution in [0.4, 0.5) is 0 Å². The third-order valence-electron chi connectivity index (χ3n) is 2.85. The highest BCUT2D eigenvalue weighted by atomic mass is 16.5. The van der Waals surface area contributed by atoms with E-state index < -0.39 is 5.97 Å². The summed E-state index contributed by atoms with van der Waals surface area (Å²) >= 11 is 0. The molecule has 0 aliphatic carbocycles. The van der Waals surface area contributed by atoms with Gasteiger partial charge in [-0.25, -0.2) is 4.79 Å². The fraction of sp³-hybridized carbons (Fsp3) is 0.538. The third-order valence-corrected chi connectivity index (χ3v) is 2.85. The van der Waals surface area contributed by atoms with E-state index in [2.05, 4.69) is 10.3 Å². The van der Waals surface area contributed by atoms with Crippen LogP contribution >= 0.6 is 0 Å². The molecule has 6 nitrogen and oxygen atoms in total. The minimum absolute atomic E-state index is 0.109. The van der Waals surface area contributed by atoms with E-state index in [0.29, 0.717) is 29.1 Å². The molecule has 1 aromatic rings. The van der Waals surface area contributed by atoms with Crippen molar-refractivity contribution in [1.82, 2.24) is 10.3 Å². The van der Waals surface area contributed by atoms with Gasteiger partial charge in [-0.3, -0.25) is 4.79 Å². The van der Waals surface area contributed by atoms with Crippen LogP contribution in [0.25, 0.3) is 0 Å². The van der Waals surface area contributed by atoms with Crippen molar-refractivity contribution in [1.29, 1.82) is 0 Å². The number of amides is 1. The lowest BCUT2D eigenvalue weighted by Crippen LogP contribution is -2.36. The quantitative estimate of drug-likeness (QED) is 0.786. The summed E-state index contributed by atoms with van der Waals surface area (Å²) in [4.78, 5) is 26.6. The van der Waals surface area contributed by atoms with Crippen LogP contribution in [0.3, 0.4) is 0 Å². The van der Waals surface area contributed by atoms with Crippen molar-refractivity contribution in [2.75, 3.05) is 20.8 Å². The van der Waals surface area contributed by atoms with Gasteiger partial charge in [0.25, 0.3) is 5.91 Å². The van der Waals surface area contributed by atoms with E-state index in [4.69, 9.17) is 9.47 Å². The number of rotatable bonds is 5. The van der Waals surface area contributed by atoms with Crippen LogP contribution in [0.15, 0.2) is 0 Å². The molecule has 1 atom stereocenters. The number of aromatic amines is 1. The van der Waals surface area contributed by atoms with E-state index in [1.165, 1.54) is 7.11 Å². The predicted octanol–water partition coefficient (Wildman–Crippen LogP) is 1.18. The number of hydrogen-bond acceptors (Lipinski definition) is 4. The smallest absolute Gasteiger partial charge is 0.339 e. The summed E-state index contributed by atoms with van der Waals surface area (Å²) in [5.74, 6) is -0.712. The first kappa shape index (κ1) is 15.2. The minimum atomic E-state index is -0.449. The second kappa shape index (κ2) is 6.38.